The molecule has 0 spiro atoms. The number of benzene rings is 8. The van der Waals surface area contributed by atoms with Gasteiger partial charge in [0.25, 0.3) is 0 Å². The van der Waals surface area contributed by atoms with E-state index in [-0.39, 0.29) is 10.8 Å². The normalized spacial score (nSPS) is 14.1. The number of thiophene rings is 1. The number of rotatable bonds is 6. The molecule has 58 heavy (non-hydrogen) atoms. The quantitative estimate of drug-likeness (QED) is 0.163. The van der Waals surface area contributed by atoms with E-state index in [0.29, 0.717) is 0 Å². The summed E-state index contributed by atoms with van der Waals surface area (Å²) in [6.45, 7) is 9.52. The van der Waals surface area contributed by atoms with Crippen LogP contribution in [0.25, 0.3) is 65.0 Å². The third-order valence-electron chi connectivity index (χ3n) is 12.9. The van der Waals surface area contributed by atoms with Gasteiger partial charge in [-0.25, -0.2) is 0 Å². The van der Waals surface area contributed by atoms with Gasteiger partial charge in [0.1, 0.15) is 0 Å². The molecule has 0 aliphatic heterocycles. The van der Waals surface area contributed by atoms with Crippen molar-refractivity contribution in [3.63, 3.8) is 0 Å². The average molecular weight is 762 g/mol. The second-order valence-electron chi connectivity index (χ2n) is 16.9. The molecule has 1 nitrogen and oxygen atoms in total. The van der Waals surface area contributed by atoms with Crippen LogP contribution in [0.4, 0.5) is 17.1 Å². The third-order valence-corrected chi connectivity index (χ3v) is 14.1. The van der Waals surface area contributed by atoms with E-state index in [9.17, 15) is 0 Å². The third kappa shape index (κ3) is 5.29. The van der Waals surface area contributed by atoms with Crippen molar-refractivity contribution in [2.24, 2.45) is 0 Å². The fourth-order valence-electron chi connectivity index (χ4n) is 9.91. The fourth-order valence-corrected chi connectivity index (χ4v) is 11.4. The summed E-state index contributed by atoms with van der Waals surface area (Å²) >= 11 is 1.94. The maximum absolute atomic E-state index is 2.45. The first-order valence-corrected chi connectivity index (χ1v) is 21.2. The van der Waals surface area contributed by atoms with Crippen molar-refractivity contribution in [3.8, 4) is 54.9 Å². The number of anilines is 3. The molecule has 9 aromatic rings. The van der Waals surface area contributed by atoms with Gasteiger partial charge in [0.05, 0.1) is 0 Å². The first-order valence-electron chi connectivity index (χ1n) is 20.3. The van der Waals surface area contributed by atoms with Crippen LogP contribution in [0.15, 0.2) is 188 Å². The molecule has 1 heterocycles. The molecule has 0 radical (unpaired) electrons. The molecule has 2 aliphatic carbocycles. The standard InChI is InChI=1S/C56H43NS/c1-55(2)48-21-10-8-18-45(48)46-33-32-43(35-50(46)55)57(41-30-28-39(29-31-41)38-26-24-37(25-27-38)36-14-6-5-7-15-36)42-17-12-16-40(34-42)44-20-13-22-49-52(44)54-53(56(49,3)4)47-19-9-11-23-51(47)58-54/h5-35H,1-4H3. The lowest BCUT2D eigenvalue weighted by Crippen LogP contribution is -2.16. The molecule has 0 N–H and O–H groups in total. The van der Waals surface area contributed by atoms with Gasteiger partial charge in [-0.15, -0.1) is 11.3 Å². The number of fused-ring (bicyclic) bond motifs is 8. The lowest BCUT2D eigenvalue weighted by Gasteiger charge is -2.29. The predicted octanol–water partition coefficient (Wildman–Crippen LogP) is 16.0. The molecule has 1 aromatic heterocycles. The van der Waals surface area contributed by atoms with Crippen LogP contribution in [-0.4, -0.2) is 0 Å². The van der Waals surface area contributed by atoms with Crippen LogP contribution in [0.3, 0.4) is 0 Å². The largest absolute Gasteiger partial charge is 0.310 e. The molecule has 0 unspecified atom stereocenters. The molecule has 11 rings (SSSR count). The van der Waals surface area contributed by atoms with Crippen LogP contribution in [-0.2, 0) is 10.8 Å². The SMILES string of the molecule is CC1(C)c2ccccc2-c2ccc(N(c3ccc(-c4ccc(-c5ccccc5)cc4)cc3)c3cccc(-c4cccc5c4-c4sc6ccccc6c4C5(C)C)c3)cc21. The fraction of sp³-hybridized carbons (Fsp3) is 0.107. The van der Waals surface area contributed by atoms with Crippen molar-refractivity contribution in [1.29, 1.82) is 0 Å². The molecule has 8 aromatic carbocycles. The van der Waals surface area contributed by atoms with Gasteiger partial charge in [-0.3, -0.25) is 0 Å². The summed E-state index contributed by atoms with van der Waals surface area (Å²) < 4.78 is 1.36. The summed E-state index contributed by atoms with van der Waals surface area (Å²) in [7, 11) is 0. The van der Waals surface area contributed by atoms with Crippen LogP contribution in [0.2, 0.25) is 0 Å². The molecular formula is C56H43NS. The number of hydrogen-bond donors (Lipinski definition) is 0. The summed E-state index contributed by atoms with van der Waals surface area (Å²) in [5.74, 6) is 0. The minimum atomic E-state index is -0.107. The van der Waals surface area contributed by atoms with E-state index in [1.165, 1.54) is 87.3 Å². The van der Waals surface area contributed by atoms with Gasteiger partial charge in [0.2, 0.25) is 0 Å². The Hall–Kier alpha value is -6.48. The summed E-state index contributed by atoms with van der Waals surface area (Å²) in [6.07, 6.45) is 0. The maximum atomic E-state index is 2.45. The molecular weight excluding hydrogens is 719 g/mol. The summed E-state index contributed by atoms with van der Waals surface area (Å²) in [4.78, 5) is 3.86. The summed E-state index contributed by atoms with van der Waals surface area (Å²) in [6, 6.07) is 69.7. The highest BCUT2D eigenvalue weighted by molar-refractivity contribution is 7.22. The zero-order chi connectivity index (χ0) is 39.2. The predicted molar refractivity (Wildman–Crippen MR) is 248 cm³/mol. The molecule has 2 heteroatoms. The molecule has 0 fully saturated rings. The highest BCUT2D eigenvalue weighted by atomic mass is 32.1. The van der Waals surface area contributed by atoms with Crippen molar-refractivity contribution >= 4 is 38.5 Å². The molecule has 278 valence electrons. The Kier molecular flexibility index (Phi) is 7.80. The minimum Gasteiger partial charge on any atom is -0.310 e. The zero-order valence-electron chi connectivity index (χ0n) is 33.3. The van der Waals surface area contributed by atoms with Gasteiger partial charge in [-0.1, -0.05) is 173 Å². The van der Waals surface area contributed by atoms with Gasteiger partial charge in [0.15, 0.2) is 0 Å². The Morgan fingerprint density at radius 1 is 0.379 bits per heavy atom. The van der Waals surface area contributed by atoms with Crippen LogP contribution in [0, 0.1) is 0 Å². The van der Waals surface area contributed by atoms with E-state index >= 15 is 0 Å². The van der Waals surface area contributed by atoms with Crippen molar-refractivity contribution in [1.82, 2.24) is 0 Å². The van der Waals surface area contributed by atoms with E-state index in [1.807, 2.05) is 11.3 Å². The molecule has 0 bridgehead atoms. The molecule has 2 aliphatic rings. The second-order valence-corrected chi connectivity index (χ2v) is 18.0. The van der Waals surface area contributed by atoms with Gasteiger partial charge < -0.3 is 4.90 Å². The van der Waals surface area contributed by atoms with Crippen molar-refractivity contribution in [2.75, 3.05) is 4.90 Å². The van der Waals surface area contributed by atoms with E-state index < -0.39 is 0 Å². The Balaban J connectivity index is 1.04. The van der Waals surface area contributed by atoms with Crippen LogP contribution in [0.1, 0.15) is 49.9 Å². The Morgan fingerprint density at radius 3 is 1.71 bits per heavy atom. The maximum Gasteiger partial charge on any atom is 0.0467 e. The van der Waals surface area contributed by atoms with E-state index in [2.05, 4.69) is 221 Å². The van der Waals surface area contributed by atoms with Crippen molar-refractivity contribution < 1.29 is 0 Å². The lowest BCUT2D eigenvalue weighted by atomic mass is 9.81. The van der Waals surface area contributed by atoms with Gasteiger partial charge >= 0.3 is 0 Å². The van der Waals surface area contributed by atoms with Crippen LogP contribution < -0.4 is 4.90 Å². The molecule has 0 amide bonds. The van der Waals surface area contributed by atoms with Crippen LogP contribution >= 0.6 is 11.3 Å². The monoisotopic (exact) mass is 761 g/mol. The lowest BCUT2D eigenvalue weighted by molar-refractivity contribution is 0.660. The van der Waals surface area contributed by atoms with E-state index in [1.54, 1.807) is 0 Å². The Labute approximate surface area is 345 Å². The van der Waals surface area contributed by atoms with Crippen molar-refractivity contribution in [3.05, 3.63) is 210 Å². The summed E-state index contributed by atoms with van der Waals surface area (Å²) in [5.41, 5.74) is 20.3. The Bertz CT molecular complexity index is 3040. The minimum absolute atomic E-state index is 0.0810. The topological polar surface area (TPSA) is 3.24 Å². The number of nitrogens with zero attached hydrogens (tertiary/aromatic N) is 1. The van der Waals surface area contributed by atoms with Crippen LogP contribution in [0.5, 0.6) is 0 Å². The molecule has 0 saturated carbocycles. The van der Waals surface area contributed by atoms with Gasteiger partial charge in [0, 0.05) is 43.0 Å². The first kappa shape index (κ1) is 34.7. The van der Waals surface area contributed by atoms with Gasteiger partial charge in [-0.2, -0.15) is 0 Å². The Morgan fingerprint density at radius 2 is 0.931 bits per heavy atom. The first-order chi connectivity index (χ1) is 28.3. The van der Waals surface area contributed by atoms with E-state index in [0.717, 1.165) is 17.1 Å². The second kappa shape index (κ2) is 13.0. The van der Waals surface area contributed by atoms with E-state index in [4.69, 9.17) is 0 Å². The molecule has 0 saturated heterocycles. The zero-order valence-corrected chi connectivity index (χ0v) is 34.1. The van der Waals surface area contributed by atoms with Gasteiger partial charge in [-0.05, 0) is 115 Å². The highest BCUT2D eigenvalue weighted by Gasteiger charge is 2.40. The average Bonchev–Trinajstić information content (AvgIpc) is 3.85. The summed E-state index contributed by atoms with van der Waals surface area (Å²) in [5, 5.41) is 1.38. The molecule has 0 atom stereocenters. The smallest absolute Gasteiger partial charge is 0.0467 e. The highest BCUT2D eigenvalue weighted by Crippen LogP contribution is 2.58. The number of hydrogen-bond acceptors (Lipinski definition) is 2. The van der Waals surface area contributed by atoms with Crippen molar-refractivity contribution in [2.45, 2.75) is 38.5 Å².